The zero-order valence-electron chi connectivity index (χ0n) is 18.0. The Morgan fingerprint density at radius 1 is 1.03 bits per heavy atom. The van der Waals surface area contributed by atoms with Crippen LogP contribution in [0.2, 0.25) is 0 Å². The van der Waals surface area contributed by atoms with Crippen molar-refractivity contribution < 1.29 is 18.4 Å². The highest BCUT2D eigenvalue weighted by Gasteiger charge is 2.36. The summed E-state index contributed by atoms with van der Waals surface area (Å²) in [5, 5.41) is 2.31. The molecule has 164 valence electrons. The Labute approximate surface area is 183 Å². The minimum Gasteiger partial charge on any atom is -0.319 e. The standard InChI is InChI=1S/C25H22F2N2O3/c1-14-4-7-16(8-5-14)29-13-18-17(11-25(2,3)12-21(18)30)22(24(29)32)23(31)28-20-10-15(26)6-9-19(20)27/h4-10,13H,11-12H2,1-3H3,(H,28,31). The lowest BCUT2D eigenvalue weighted by Gasteiger charge is -2.31. The second-order valence-electron chi connectivity index (χ2n) is 8.93. The monoisotopic (exact) mass is 436 g/mol. The van der Waals surface area contributed by atoms with Crippen LogP contribution >= 0.6 is 0 Å². The molecule has 1 aliphatic carbocycles. The number of anilines is 1. The maximum Gasteiger partial charge on any atom is 0.268 e. The van der Waals surface area contributed by atoms with Crippen LogP contribution in [0.5, 0.6) is 0 Å². The molecule has 2 aromatic carbocycles. The quantitative estimate of drug-likeness (QED) is 0.639. The summed E-state index contributed by atoms with van der Waals surface area (Å²) in [7, 11) is 0. The number of rotatable bonds is 3. The maximum atomic E-state index is 14.1. The van der Waals surface area contributed by atoms with E-state index in [-0.39, 0.29) is 29.0 Å². The largest absolute Gasteiger partial charge is 0.319 e. The number of Topliss-reactive ketones (excluding diaryl/α,β-unsaturated/α-hetero) is 1. The van der Waals surface area contributed by atoms with Gasteiger partial charge in [-0.3, -0.25) is 19.0 Å². The molecule has 4 rings (SSSR count). The van der Waals surface area contributed by atoms with Crippen molar-refractivity contribution in [3.8, 4) is 5.69 Å². The number of pyridine rings is 1. The number of nitrogens with zero attached hydrogens (tertiary/aromatic N) is 1. The molecule has 0 unspecified atom stereocenters. The third-order valence-corrected chi connectivity index (χ3v) is 5.63. The summed E-state index contributed by atoms with van der Waals surface area (Å²) >= 11 is 0. The highest BCUT2D eigenvalue weighted by atomic mass is 19.1. The molecule has 0 aliphatic heterocycles. The summed E-state index contributed by atoms with van der Waals surface area (Å²) in [6, 6.07) is 9.73. The molecule has 0 saturated carbocycles. The van der Waals surface area contributed by atoms with Gasteiger partial charge >= 0.3 is 0 Å². The van der Waals surface area contributed by atoms with E-state index in [1.807, 2.05) is 32.9 Å². The van der Waals surface area contributed by atoms with E-state index in [9.17, 15) is 23.2 Å². The molecular weight excluding hydrogens is 414 g/mol. The third-order valence-electron chi connectivity index (χ3n) is 5.63. The Morgan fingerprint density at radius 3 is 2.41 bits per heavy atom. The molecule has 1 aliphatic rings. The Bertz CT molecular complexity index is 1310. The molecule has 0 atom stereocenters. The van der Waals surface area contributed by atoms with E-state index in [1.54, 1.807) is 12.1 Å². The minimum atomic E-state index is -0.886. The summed E-state index contributed by atoms with van der Waals surface area (Å²) in [6.45, 7) is 5.66. The molecule has 3 aromatic rings. The van der Waals surface area contributed by atoms with Gasteiger partial charge in [0.25, 0.3) is 11.5 Å². The van der Waals surface area contributed by atoms with Gasteiger partial charge in [-0.2, -0.15) is 0 Å². The van der Waals surface area contributed by atoms with Crippen molar-refractivity contribution in [2.45, 2.75) is 33.6 Å². The number of benzene rings is 2. The minimum absolute atomic E-state index is 0.178. The summed E-state index contributed by atoms with van der Waals surface area (Å²) in [4.78, 5) is 39.6. The molecule has 0 radical (unpaired) electrons. The number of ketones is 1. The van der Waals surface area contributed by atoms with Crippen LogP contribution in [0.15, 0.2) is 53.5 Å². The first kappa shape index (κ1) is 21.6. The zero-order valence-corrected chi connectivity index (χ0v) is 18.0. The average molecular weight is 436 g/mol. The van der Waals surface area contributed by atoms with Crippen molar-refractivity contribution in [2.75, 3.05) is 5.32 Å². The van der Waals surface area contributed by atoms with Gasteiger partial charge in [-0.15, -0.1) is 0 Å². The molecule has 1 aromatic heterocycles. The van der Waals surface area contributed by atoms with Crippen molar-refractivity contribution in [3.63, 3.8) is 0 Å². The number of aryl methyl sites for hydroxylation is 1. The van der Waals surface area contributed by atoms with Gasteiger partial charge in [0.05, 0.1) is 5.69 Å². The number of amides is 1. The van der Waals surface area contributed by atoms with Crippen LogP contribution in [0.25, 0.3) is 5.69 Å². The van der Waals surface area contributed by atoms with Crippen LogP contribution < -0.4 is 10.9 Å². The molecular formula is C25H22F2N2O3. The molecule has 0 spiro atoms. The Morgan fingerprint density at radius 2 is 1.72 bits per heavy atom. The van der Waals surface area contributed by atoms with Crippen LogP contribution in [0, 0.1) is 24.0 Å². The maximum absolute atomic E-state index is 14.1. The molecule has 0 fully saturated rings. The topological polar surface area (TPSA) is 68.2 Å². The normalized spacial score (nSPS) is 14.7. The summed E-state index contributed by atoms with van der Waals surface area (Å²) in [5.74, 6) is -2.63. The Balaban J connectivity index is 1.92. The van der Waals surface area contributed by atoms with Gasteiger partial charge in [0.1, 0.15) is 17.2 Å². The van der Waals surface area contributed by atoms with Gasteiger partial charge in [0, 0.05) is 29.9 Å². The van der Waals surface area contributed by atoms with Gasteiger partial charge in [0.15, 0.2) is 5.78 Å². The van der Waals surface area contributed by atoms with E-state index < -0.39 is 28.5 Å². The van der Waals surface area contributed by atoms with E-state index >= 15 is 0 Å². The fourth-order valence-corrected chi connectivity index (χ4v) is 4.05. The molecule has 7 heteroatoms. The first-order valence-electron chi connectivity index (χ1n) is 10.2. The summed E-state index contributed by atoms with van der Waals surface area (Å²) < 4.78 is 29.0. The molecule has 5 nitrogen and oxygen atoms in total. The van der Waals surface area contributed by atoms with E-state index in [4.69, 9.17) is 0 Å². The fourth-order valence-electron chi connectivity index (χ4n) is 4.05. The molecule has 0 saturated heterocycles. The van der Waals surface area contributed by atoms with Crippen LogP contribution in [0.1, 0.15) is 52.1 Å². The van der Waals surface area contributed by atoms with E-state index in [0.29, 0.717) is 17.7 Å². The second kappa shape index (κ2) is 7.82. The van der Waals surface area contributed by atoms with Crippen molar-refractivity contribution in [1.82, 2.24) is 4.57 Å². The Kier molecular flexibility index (Phi) is 5.28. The molecule has 1 heterocycles. The van der Waals surface area contributed by atoms with E-state index in [0.717, 1.165) is 23.8 Å². The van der Waals surface area contributed by atoms with Crippen molar-refractivity contribution in [1.29, 1.82) is 0 Å². The first-order chi connectivity index (χ1) is 15.1. The van der Waals surface area contributed by atoms with Crippen LogP contribution in [0.3, 0.4) is 0 Å². The van der Waals surface area contributed by atoms with E-state index in [1.165, 1.54) is 10.8 Å². The molecule has 1 N–H and O–H groups in total. The SMILES string of the molecule is Cc1ccc(-n2cc3c(c(C(=O)Nc4cc(F)ccc4F)c2=O)CC(C)(C)CC3=O)cc1. The summed E-state index contributed by atoms with van der Waals surface area (Å²) in [5.41, 5.74) is 0.383. The molecule has 1 amide bonds. The first-order valence-corrected chi connectivity index (χ1v) is 10.2. The van der Waals surface area contributed by atoms with Crippen LogP contribution in [-0.2, 0) is 6.42 Å². The third kappa shape index (κ3) is 3.98. The highest BCUT2D eigenvalue weighted by Crippen LogP contribution is 2.36. The van der Waals surface area contributed by atoms with Crippen molar-refractivity contribution in [3.05, 3.63) is 92.9 Å². The Hall–Kier alpha value is -3.61. The number of hydrogen-bond acceptors (Lipinski definition) is 3. The van der Waals surface area contributed by atoms with Gasteiger partial charge < -0.3 is 5.32 Å². The number of nitrogens with one attached hydrogen (secondary N) is 1. The van der Waals surface area contributed by atoms with Crippen LogP contribution in [-0.4, -0.2) is 16.3 Å². The zero-order chi connectivity index (χ0) is 23.2. The van der Waals surface area contributed by atoms with Crippen molar-refractivity contribution >= 4 is 17.4 Å². The number of halogens is 2. The van der Waals surface area contributed by atoms with E-state index in [2.05, 4.69) is 5.32 Å². The lowest BCUT2D eigenvalue weighted by Crippen LogP contribution is -2.37. The van der Waals surface area contributed by atoms with Gasteiger partial charge in [-0.05, 0) is 48.6 Å². The number of carbonyl (C=O) groups is 2. The van der Waals surface area contributed by atoms with Gasteiger partial charge in [-0.1, -0.05) is 31.5 Å². The molecule has 0 bridgehead atoms. The predicted octanol–water partition coefficient (Wildman–Crippen LogP) is 4.83. The van der Waals surface area contributed by atoms with Crippen molar-refractivity contribution in [2.24, 2.45) is 5.41 Å². The predicted molar refractivity (Wildman–Crippen MR) is 118 cm³/mol. The summed E-state index contributed by atoms with van der Waals surface area (Å²) in [6.07, 6.45) is 2.07. The second-order valence-corrected chi connectivity index (χ2v) is 8.93. The van der Waals surface area contributed by atoms with Gasteiger partial charge in [-0.25, -0.2) is 8.78 Å². The lowest BCUT2D eigenvalue weighted by atomic mass is 9.73. The number of hydrogen-bond donors (Lipinski definition) is 1. The lowest BCUT2D eigenvalue weighted by molar-refractivity contribution is 0.0910. The number of fused-ring (bicyclic) bond motifs is 1. The number of aromatic nitrogens is 1. The molecule has 32 heavy (non-hydrogen) atoms. The fraction of sp³-hybridized carbons (Fsp3) is 0.240. The number of carbonyl (C=O) groups excluding carboxylic acids is 2. The van der Waals surface area contributed by atoms with Gasteiger partial charge in [0.2, 0.25) is 0 Å². The smallest absolute Gasteiger partial charge is 0.268 e. The highest BCUT2D eigenvalue weighted by molar-refractivity contribution is 6.08. The van der Waals surface area contributed by atoms with Crippen LogP contribution in [0.4, 0.5) is 14.5 Å². The average Bonchev–Trinajstić information content (AvgIpc) is 2.70.